The summed E-state index contributed by atoms with van der Waals surface area (Å²) >= 11 is 5.96. The third-order valence-corrected chi connectivity index (χ3v) is 9.81. The third-order valence-electron chi connectivity index (χ3n) is 7.65. The molecule has 2 aromatic rings. The van der Waals surface area contributed by atoms with Crippen LogP contribution in [-0.2, 0) is 30.8 Å². The van der Waals surface area contributed by atoms with E-state index in [1.807, 2.05) is 18.2 Å². The maximum Gasteiger partial charge on any atom is 0.243 e. The van der Waals surface area contributed by atoms with Gasteiger partial charge >= 0.3 is 0 Å². The topological polar surface area (TPSA) is 108 Å². The van der Waals surface area contributed by atoms with Crippen molar-refractivity contribution in [2.45, 2.75) is 67.5 Å². The van der Waals surface area contributed by atoms with Crippen LogP contribution >= 0.6 is 11.6 Å². The molecule has 0 aromatic heterocycles. The van der Waals surface area contributed by atoms with E-state index in [2.05, 4.69) is 22.3 Å². The third kappa shape index (κ3) is 7.18. The molecule has 9 nitrogen and oxygen atoms in total. The van der Waals surface area contributed by atoms with E-state index < -0.39 is 28.3 Å². The molecule has 212 valence electrons. The minimum Gasteiger partial charge on any atom is -0.389 e. The summed E-state index contributed by atoms with van der Waals surface area (Å²) in [6.45, 7) is 2.66. The number of β-amino-alcohol motifs (C(OH)–C–C–N with tert-alkyl or cyclic N) is 1. The van der Waals surface area contributed by atoms with Crippen LogP contribution in [0.2, 0.25) is 5.02 Å². The van der Waals surface area contributed by atoms with Crippen LogP contribution in [0.15, 0.2) is 59.5 Å². The SMILES string of the molecule is O=C(C[C@@H]1CC[C@@H]2[C@H](COC[C@@H](O)CN2S(=O)(=O)c2ccc(Cl)cc2)O1)N[C@@H]1CCN(Cc2ccccc2)C1. The second kappa shape index (κ2) is 12.6. The van der Waals surface area contributed by atoms with Crippen LogP contribution in [0.4, 0.5) is 0 Å². The first-order valence-corrected chi connectivity index (χ1v) is 15.3. The number of carbonyl (C=O) groups is 1. The number of sulfonamides is 1. The van der Waals surface area contributed by atoms with Crippen molar-refractivity contribution in [1.82, 2.24) is 14.5 Å². The van der Waals surface area contributed by atoms with Crippen molar-refractivity contribution in [3.8, 4) is 0 Å². The number of benzene rings is 2. The van der Waals surface area contributed by atoms with Gasteiger partial charge < -0.3 is 19.9 Å². The molecule has 0 radical (unpaired) electrons. The van der Waals surface area contributed by atoms with Gasteiger partial charge in [0.25, 0.3) is 0 Å². The van der Waals surface area contributed by atoms with Gasteiger partial charge in [-0.05, 0) is 49.1 Å². The number of hydrogen-bond donors (Lipinski definition) is 2. The molecule has 0 bridgehead atoms. The Morgan fingerprint density at radius 2 is 1.79 bits per heavy atom. The van der Waals surface area contributed by atoms with E-state index >= 15 is 0 Å². The first-order chi connectivity index (χ1) is 18.8. The fraction of sp³-hybridized carbons (Fsp3) is 0.536. The number of hydrogen-bond acceptors (Lipinski definition) is 7. The number of ether oxygens (including phenoxy) is 2. The van der Waals surface area contributed by atoms with Crippen molar-refractivity contribution in [3.05, 3.63) is 65.2 Å². The molecular weight excluding hydrogens is 542 g/mol. The van der Waals surface area contributed by atoms with E-state index in [1.54, 1.807) is 0 Å². The molecule has 1 amide bonds. The first kappa shape index (κ1) is 28.5. The second-order valence-corrected chi connectivity index (χ2v) is 13.0. The molecule has 39 heavy (non-hydrogen) atoms. The molecule has 0 unspecified atom stereocenters. The molecule has 3 saturated heterocycles. The zero-order valence-electron chi connectivity index (χ0n) is 21.8. The molecule has 5 rings (SSSR count). The molecular formula is C28H36ClN3O6S. The van der Waals surface area contributed by atoms with E-state index in [1.165, 1.54) is 34.1 Å². The van der Waals surface area contributed by atoms with Crippen LogP contribution in [0.25, 0.3) is 0 Å². The van der Waals surface area contributed by atoms with E-state index in [4.69, 9.17) is 21.1 Å². The number of nitrogens with zero attached hydrogens (tertiary/aromatic N) is 2. The average Bonchev–Trinajstić information content (AvgIpc) is 3.33. The normalized spacial score (nSPS) is 28.8. The van der Waals surface area contributed by atoms with Crippen LogP contribution < -0.4 is 5.32 Å². The minimum absolute atomic E-state index is 0.00549. The predicted molar refractivity (Wildman–Crippen MR) is 147 cm³/mol. The fourth-order valence-corrected chi connectivity index (χ4v) is 7.58. The quantitative estimate of drug-likeness (QED) is 0.520. The molecule has 2 N–H and O–H groups in total. The van der Waals surface area contributed by atoms with Gasteiger partial charge in [-0.1, -0.05) is 41.9 Å². The van der Waals surface area contributed by atoms with Crippen molar-refractivity contribution in [2.24, 2.45) is 0 Å². The summed E-state index contributed by atoms with van der Waals surface area (Å²) in [6.07, 6.45) is 0.319. The van der Waals surface area contributed by atoms with Crippen molar-refractivity contribution >= 4 is 27.5 Å². The Morgan fingerprint density at radius 3 is 2.56 bits per heavy atom. The van der Waals surface area contributed by atoms with Gasteiger partial charge in [-0.2, -0.15) is 4.31 Å². The Balaban J connectivity index is 1.18. The minimum atomic E-state index is -3.91. The van der Waals surface area contributed by atoms with Gasteiger partial charge in [0.1, 0.15) is 0 Å². The number of halogens is 1. The number of likely N-dealkylation sites (tertiary alicyclic amines) is 1. The van der Waals surface area contributed by atoms with Gasteiger partial charge in [-0.3, -0.25) is 9.69 Å². The summed E-state index contributed by atoms with van der Waals surface area (Å²) in [4.78, 5) is 15.4. The number of rotatable bonds is 7. The maximum atomic E-state index is 13.6. The number of carbonyl (C=O) groups excluding carboxylic acids is 1. The van der Waals surface area contributed by atoms with Crippen LogP contribution in [0.5, 0.6) is 0 Å². The largest absolute Gasteiger partial charge is 0.389 e. The lowest BCUT2D eigenvalue weighted by Crippen LogP contribution is -2.57. The molecule has 3 fully saturated rings. The smallest absolute Gasteiger partial charge is 0.243 e. The summed E-state index contributed by atoms with van der Waals surface area (Å²) in [5.74, 6) is -0.0576. The number of fused-ring (bicyclic) bond motifs is 1. The molecule has 3 aliphatic rings. The monoisotopic (exact) mass is 577 g/mol. The van der Waals surface area contributed by atoms with E-state index in [0.717, 1.165) is 26.1 Å². The summed E-state index contributed by atoms with van der Waals surface area (Å²) in [7, 11) is -3.91. The Bertz CT molecular complexity index is 1220. The van der Waals surface area contributed by atoms with Crippen molar-refractivity contribution < 1.29 is 27.8 Å². The maximum absolute atomic E-state index is 13.6. The van der Waals surface area contributed by atoms with E-state index in [9.17, 15) is 18.3 Å². The van der Waals surface area contributed by atoms with Crippen molar-refractivity contribution in [2.75, 3.05) is 32.8 Å². The molecule has 5 atom stereocenters. The van der Waals surface area contributed by atoms with Gasteiger partial charge in [-0.15, -0.1) is 0 Å². The highest BCUT2D eigenvalue weighted by Gasteiger charge is 2.43. The van der Waals surface area contributed by atoms with Gasteiger partial charge in [0.2, 0.25) is 15.9 Å². The summed E-state index contributed by atoms with van der Waals surface area (Å²) in [6, 6.07) is 15.9. The lowest BCUT2D eigenvalue weighted by Gasteiger charge is -2.43. The average molecular weight is 578 g/mol. The molecule has 3 aliphatic heterocycles. The fourth-order valence-electron chi connectivity index (χ4n) is 5.74. The highest BCUT2D eigenvalue weighted by Crippen LogP contribution is 2.32. The van der Waals surface area contributed by atoms with Gasteiger partial charge in [0, 0.05) is 37.2 Å². The lowest BCUT2D eigenvalue weighted by molar-refractivity contribution is -0.146. The Labute approximate surface area is 235 Å². The van der Waals surface area contributed by atoms with Gasteiger partial charge in [-0.25, -0.2) is 8.42 Å². The molecule has 0 spiro atoms. The molecule has 2 aromatic carbocycles. The van der Waals surface area contributed by atoms with E-state index in [-0.39, 0.29) is 49.1 Å². The Kier molecular flexibility index (Phi) is 9.23. The number of aliphatic hydroxyl groups is 1. The zero-order chi connectivity index (χ0) is 27.4. The molecule has 0 aliphatic carbocycles. The van der Waals surface area contributed by atoms with Crippen molar-refractivity contribution in [1.29, 1.82) is 0 Å². The summed E-state index contributed by atoms with van der Waals surface area (Å²) < 4.78 is 40.4. The zero-order valence-corrected chi connectivity index (χ0v) is 23.4. The second-order valence-electron chi connectivity index (χ2n) is 10.6. The number of aliphatic hydroxyl groups excluding tert-OH is 1. The van der Waals surface area contributed by atoms with Crippen LogP contribution in [0.3, 0.4) is 0 Å². The lowest BCUT2D eigenvalue weighted by atomic mass is 9.96. The molecule has 0 saturated carbocycles. The first-order valence-electron chi connectivity index (χ1n) is 13.5. The van der Waals surface area contributed by atoms with Crippen molar-refractivity contribution in [3.63, 3.8) is 0 Å². The highest BCUT2D eigenvalue weighted by atomic mass is 35.5. The molecule has 11 heteroatoms. The predicted octanol–water partition coefficient (Wildman–Crippen LogP) is 2.42. The van der Waals surface area contributed by atoms with Crippen LogP contribution in [0.1, 0.15) is 31.2 Å². The molecule has 3 heterocycles. The number of amides is 1. The van der Waals surface area contributed by atoms with E-state index in [0.29, 0.717) is 17.9 Å². The standard InChI is InChI=1S/C28H36ClN3O6S/c29-21-6-9-25(10-7-21)39(35,36)32-17-23(33)18-37-19-27-26(32)11-8-24(38-27)14-28(34)30-22-12-13-31(16-22)15-20-4-2-1-3-5-20/h1-7,9-10,22-24,26-27,33H,8,11-19H2,(H,30,34)/t22-,23+,24+,26-,27+/m1/s1. The highest BCUT2D eigenvalue weighted by molar-refractivity contribution is 7.89. The van der Waals surface area contributed by atoms with Crippen LogP contribution in [-0.4, -0.2) is 91.9 Å². The summed E-state index contributed by atoms with van der Waals surface area (Å²) in [5.41, 5.74) is 1.26. The Morgan fingerprint density at radius 1 is 1.03 bits per heavy atom. The van der Waals surface area contributed by atoms with Gasteiger partial charge in [0.05, 0.1) is 48.9 Å². The summed E-state index contributed by atoms with van der Waals surface area (Å²) in [5, 5.41) is 14.0. The Hall–Kier alpha value is -2.05. The van der Waals surface area contributed by atoms with Gasteiger partial charge in [0.15, 0.2) is 0 Å². The number of nitrogens with one attached hydrogen (secondary N) is 1. The van der Waals surface area contributed by atoms with Crippen LogP contribution in [0, 0.1) is 0 Å².